The van der Waals surface area contributed by atoms with E-state index >= 15 is 0 Å². The second-order valence-electron chi connectivity index (χ2n) is 7.67. The van der Waals surface area contributed by atoms with Crippen LogP contribution in [-0.2, 0) is 25.2 Å². The fourth-order valence-corrected chi connectivity index (χ4v) is 8.99. The molecule has 27 heavy (non-hydrogen) atoms. The Bertz CT molecular complexity index is 402. The van der Waals surface area contributed by atoms with Crippen molar-refractivity contribution < 1.29 is 25.2 Å². The van der Waals surface area contributed by atoms with E-state index in [9.17, 15) is 0 Å². The van der Waals surface area contributed by atoms with E-state index in [1.54, 1.807) is 0 Å². The molecule has 1 aliphatic heterocycles. The van der Waals surface area contributed by atoms with E-state index in [4.69, 9.17) is 27.3 Å². The molecule has 3 nitrogen and oxygen atoms in total. The maximum atomic E-state index is 6.17. The monoisotopic (exact) mass is 631 g/mol. The molecule has 0 amide bonds. The first-order valence-electron chi connectivity index (χ1n) is 9.56. The summed E-state index contributed by atoms with van der Waals surface area (Å²) in [4.78, 5) is 4.31. The Morgan fingerprint density at radius 1 is 0.889 bits per heavy atom. The molecule has 0 saturated heterocycles. The van der Waals surface area contributed by atoms with Gasteiger partial charge in [0, 0.05) is 34.2 Å². The Labute approximate surface area is 195 Å². The summed E-state index contributed by atoms with van der Waals surface area (Å²) in [6.07, 6.45) is 4.71. The van der Waals surface area contributed by atoms with E-state index in [1.165, 1.54) is 25.7 Å². The van der Waals surface area contributed by atoms with Crippen molar-refractivity contribution in [2.24, 2.45) is 0 Å². The van der Waals surface area contributed by atoms with Gasteiger partial charge >= 0.3 is 0 Å². The zero-order valence-electron chi connectivity index (χ0n) is 17.9. The van der Waals surface area contributed by atoms with Gasteiger partial charge in [0.2, 0.25) is 0 Å². The third kappa shape index (κ3) is 12.3. The van der Waals surface area contributed by atoms with Crippen LogP contribution in [0.1, 0.15) is 39.5 Å². The summed E-state index contributed by atoms with van der Waals surface area (Å²) in [5, 5.41) is 1.45. The van der Waals surface area contributed by atoms with E-state index in [0.29, 0.717) is 0 Å². The van der Waals surface area contributed by atoms with Crippen molar-refractivity contribution in [2.45, 2.75) is 65.7 Å². The van der Waals surface area contributed by atoms with Gasteiger partial charge < -0.3 is 13.9 Å². The first kappa shape index (κ1) is 30.2. The SMILES string of the molecule is CCCCN1CN(CCCC)C(Cl)=C1Cl.[CH2][CH][Si](C)(C)O[Si](C)(C)[CH][CH2].[Pt]. The summed E-state index contributed by atoms with van der Waals surface area (Å²) in [6, 6.07) is 3.93. The predicted octanol–water partition coefficient (Wildman–Crippen LogP) is 6.33. The first-order chi connectivity index (χ1) is 12.0. The molecule has 1 aliphatic rings. The molecule has 0 fully saturated rings. The predicted molar refractivity (Wildman–Crippen MR) is 122 cm³/mol. The molecular weight excluding hydrogens is 594 g/mol. The quantitative estimate of drug-likeness (QED) is 0.207. The van der Waals surface area contributed by atoms with Crippen LogP contribution in [0.25, 0.3) is 0 Å². The van der Waals surface area contributed by atoms with E-state index in [-0.39, 0.29) is 21.1 Å². The van der Waals surface area contributed by atoms with Crippen LogP contribution < -0.4 is 0 Å². The number of halogens is 2. The summed E-state index contributed by atoms with van der Waals surface area (Å²) < 4.78 is 5.97. The topological polar surface area (TPSA) is 15.7 Å². The van der Waals surface area contributed by atoms with Gasteiger partial charge in [0.05, 0.1) is 6.67 Å². The molecule has 0 spiro atoms. The molecule has 8 heteroatoms. The summed E-state index contributed by atoms with van der Waals surface area (Å²) >= 11 is 12.3. The Kier molecular flexibility index (Phi) is 16.7. The number of nitrogens with zero attached hydrogens (tertiary/aromatic N) is 2. The molecule has 0 bridgehead atoms. The van der Waals surface area contributed by atoms with Crippen molar-refractivity contribution in [1.29, 1.82) is 0 Å². The maximum absolute atomic E-state index is 6.17. The zero-order chi connectivity index (χ0) is 20.4. The van der Waals surface area contributed by atoms with Crippen molar-refractivity contribution >= 4 is 39.8 Å². The molecule has 162 valence electrons. The molecule has 0 atom stereocenters. The average Bonchev–Trinajstić information content (AvgIpc) is 2.85. The second kappa shape index (κ2) is 14.9. The van der Waals surface area contributed by atoms with Crippen LogP contribution in [0.4, 0.5) is 0 Å². The van der Waals surface area contributed by atoms with Gasteiger partial charge in [0.15, 0.2) is 16.6 Å². The largest absolute Gasteiger partial charge is 0.455 e. The number of hydrogen-bond acceptors (Lipinski definition) is 3. The van der Waals surface area contributed by atoms with Crippen molar-refractivity contribution in [3.05, 3.63) is 36.2 Å². The fraction of sp³-hybridized carbons (Fsp3) is 0.684. The van der Waals surface area contributed by atoms with Gasteiger partial charge in [-0.2, -0.15) is 0 Å². The van der Waals surface area contributed by atoms with Gasteiger partial charge in [-0.25, -0.2) is 0 Å². The smallest absolute Gasteiger partial charge is 0.176 e. The van der Waals surface area contributed by atoms with Crippen LogP contribution in [0.2, 0.25) is 26.2 Å². The Balaban J connectivity index is 0. The molecule has 4 radical (unpaired) electrons. The number of hydrogen-bond donors (Lipinski definition) is 0. The van der Waals surface area contributed by atoms with E-state index in [1.807, 2.05) is 12.1 Å². The third-order valence-electron chi connectivity index (χ3n) is 4.14. The molecule has 0 unspecified atom stereocenters. The summed E-state index contributed by atoms with van der Waals surface area (Å²) in [7, 11) is -3.16. The molecule has 0 N–H and O–H groups in total. The number of unbranched alkanes of at least 4 members (excludes halogenated alkanes) is 2. The molecule has 0 aromatic heterocycles. The average molecular weight is 633 g/mol. The summed E-state index contributed by atoms with van der Waals surface area (Å²) in [6.45, 7) is 23.4. The first-order valence-corrected chi connectivity index (χ1v) is 16.3. The van der Waals surface area contributed by atoms with E-state index in [0.717, 1.165) is 30.1 Å². The van der Waals surface area contributed by atoms with Crippen molar-refractivity contribution in [2.75, 3.05) is 19.8 Å². The van der Waals surface area contributed by atoms with Gasteiger partial charge in [0.1, 0.15) is 10.3 Å². The zero-order valence-corrected chi connectivity index (χ0v) is 23.7. The van der Waals surface area contributed by atoms with E-state index in [2.05, 4.69) is 63.7 Å². The minimum Gasteiger partial charge on any atom is -0.455 e. The van der Waals surface area contributed by atoms with Crippen LogP contribution in [0, 0.1) is 25.9 Å². The molecule has 0 aliphatic carbocycles. The Morgan fingerprint density at radius 3 is 1.48 bits per heavy atom. The third-order valence-corrected chi connectivity index (χ3v) is 11.2. The van der Waals surface area contributed by atoms with Crippen LogP contribution in [0.5, 0.6) is 0 Å². The van der Waals surface area contributed by atoms with Crippen molar-refractivity contribution in [1.82, 2.24) is 9.80 Å². The van der Waals surface area contributed by atoms with Gasteiger partial charge in [-0.3, -0.25) is 0 Å². The van der Waals surface area contributed by atoms with Crippen LogP contribution in [0.15, 0.2) is 10.3 Å². The van der Waals surface area contributed by atoms with Crippen molar-refractivity contribution in [3.63, 3.8) is 0 Å². The number of rotatable bonds is 10. The van der Waals surface area contributed by atoms with Crippen LogP contribution in [0.3, 0.4) is 0 Å². The minimum absolute atomic E-state index is 0. The summed E-state index contributed by atoms with van der Waals surface area (Å²) in [5.41, 5.74) is 0. The standard InChI is InChI=1S/C11H20Cl2N2.C8H18OSi2.Pt/c1-3-5-7-14-9-15(8-6-4-2)11(13)10(14)12;1-7-10(3,4)9-11(5,6)8-2;/h3-9H2,1-2H3;7-8H,1-2H2,3-6H3;. The summed E-state index contributed by atoms with van der Waals surface area (Å²) in [5.74, 6) is 0. The van der Waals surface area contributed by atoms with Crippen molar-refractivity contribution in [3.8, 4) is 0 Å². The molecule has 1 heterocycles. The Hall–Kier alpha value is 1.00. The maximum Gasteiger partial charge on any atom is 0.176 e. The van der Waals surface area contributed by atoms with Crippen LogP contribution >= 0.6 is 23.2 Å². The minimum atomic E-state index is -1.58. The van der Waals surface area contributed by atoms with Gasteiger partial charge in [-0.15, -0.1) is 0 Å². The van der Waals surface area contributed by atoms with Gasteiger partial charge in [-0.1, -0.05) is 63.7 Å². The van der Waals surface area contributed by atoms with E-state index < -0.39 is 16.6 Å². The fourth-order valence-electron chi connectivity index (χ4n) is 2.39. The second-order valence-corrected chi connectivity index (χ2v) is 16.4. The normalized spacial score (nSPS) is 14.9. The van der Waals surface area contributed by atoms with Gasteiger partial charge in [0.25, 0.3) is 0 Å². The molecule has 0 aromatic carbocycles. The molecular formula is C19H38Cl2N2OPtSi2. The van der Waals surface area contributed by atoms with Gasteiger partial charge in [-0.05, 0) is 51.1 Å². The molecule has 0 saturated carbocycles. The molecule has 1 rings (SSSR count). The molecule has 0 aromatic rings. The Morgan fingerprint density at radius 2 is 1.22 bits per heavy atom. The van der Waals surface area contributed by atoms with Crippen LogP contribution in [-0.4, -0.2) is 46.2 Å².